The molecule has 0 spiro atoms. The number of ether oxygens (including phenoxy) is 1. The van der Waals surface area contributed by atoms with Crippen LogP contribution in [0.4, 0.5) is 0 Å². The van der Waals surface area contributed by atoms with Crippen molar-refractivity contribution in [1.29, 1.82) is 0 Å². The second-order valence-electron chi connectivity index (χ2n) is 5.61. The molecule has 0 saturated heterocycles. The van der Waals surface area contributed by atoms with Crippen molar-refractivity contribution in [3.63, 3.8) is 0 Å². The molecule has 1 atom stereocenters. The molecule has 6 heteroatoms. The number of amides is 1. The number of carboxylic acid groups (broad SMARTS) is 1. The average molecular weight is 370 g/mol. The lowest BCUT2D eigenvalue weighted by atomic mass is 10.1. The van der Waals surface area contributed by atoms with Gasteiger partial charge in [0.25, 0.3) is 0 Å². The van der Waals surface area contributed by atoms with Gasteiger partial charge < -0.3 is 15.2 Å². The number of carbonyl (C=O) groups is 2. The van der Waals surface area contributed by atoms with Crippen molar-refractivity contribution in [2.24, 2.45) is 5.92 Å². The topological polar surface area (TPSA) is 75.6 Å². The van der Waals surface area contributed by atoms with Gasteiger partial charge in [-0.05, 0) is 52.4 Å². The van der Waals surface area contributed by atoms with Crippen molar-refractivity contribution in [1.82, 2.24) is 5.32 Å². The third-order valence-electron chi connectivity index (χ3n) is 3.76. The molecule has 1 aromatic rings. The molecule has 120 valence electrons. The Bertz CT molecular complexity index is 557. The molecule has 1 aliphatic rings. The van der Waals surface area contributed by atoms with Gasteiger partial charge in [0.1, 0.15) is 11.8 Å². The number of aliphatic carboxylic acids is 1. The van der Waals surface area contributed by atoms with Gasteiger partial charge in [0.15, 0.2) is 0 Å². The number of hydrogen-bond acceptors (Lipinski definition) is 3. The van der Waals surface area contributed by atoms with E-state index in [9.17, 15) is 9.59 Å². The van der Waals surface area contributed by atoms with Gasteiger partial charge >= 0.3 is 5.97 Å². The van der Waals surface area contributed by atoms with Gasteiger partial charge in [-0.25, -0.2) is 4.79 Å². The van der Waals surface area contributed by atoms with E-state index in [-0.39, 0.29) is 12.3 Å². The summed E-state index contributed by atoms with van der Waals surface area (Å²) in [5, 5.41) is 11.8. The summed E-state index contributed by atoms with van der Waals surface area (Å²) in [6, 6.07) is 4.88. The Morgan fingerprint density at radius 1 is 1.45 bits per heavy atom. The van der Waals surface area contributed by atoms with Gasteiger partial charge in [-0.15, -0.1) is 0 Å². The van der Waals surface area contributed by atoms with Crippen LogP contribution in [0.3, 0.4) is 0 Å². The van der Waals surface area contributed by atoms with Crippen molar-refractivity contribution < 1.29 is 19.4 Å². The van der Waals surface area contributed by atoms with Crippen LogP contribution in [0.5, 0.6) is 5.75 Å². The van der Waals surface area contributed by atoms with Crippen molar-refractivity contribution >= 4 is 27.8 Å². The first-order valence-electron chi connectivity index (χ1n) is 7.34. The predicted molar refractivity (Wildman–Crippen MR) is 85.9 cm³/mol. The van der Waals surface area contributed by atoms with Crippen LogP contribution in [0.25, 0.3) is 0 Å². The van der Waals surface area contributed by atoms with Crippen molar-refractivity contribution in [2.75, 3.05) is 7.11 Å². The van der Waals surface area contributed by atoms with E-state index in [0.29, 0.717) is 18.8 Å². The molecular formula is C16H20BrNO4. The van der Waals surface area contributed by atoms with E-state index in [0.717, 1.165) is 28.6 Å². The second kappa shape index (κ2) is 7.63. The maximum Gasteiger partial charge on any atom is 0.326 e. The van der Waals surface area contributed by atoms with Gasteiger partial charge in [0.2, 0.25) is 5.91 Å². The van der Waals surface area contributed by atoms with E-state index in [1.165, 1.54) is 0 Å². The molecule has 22 heavy (non-hydrogen) atoms. The standard InChI is InChI=1S/C16H20BrNO4/c1-22-14-6-4-10(8-12(14)17)5-7-15(19)18-13(16(20)21)9-11-2-3-11/h4,6,8,11,13H,2-3,5,7,9H2,1H3,(H,18,19)(H,20,21). The molecule has 0 heterocycles. The summed E-state index contributed by atoms with van der Waals surface area (Å²) in [5.41, 5.74) is 0.997. The Labute approximate surface area is 138 Å². The molecule has 0 bridgehead atoms. The number of nitrogens with one attached hydrogen (secondary N) is 1. The fourth-order valence-corrected chi connectivity index (χ4v) is 2.89. The van der Waals surface area contributed by atoms with Crippen LogP contribution in [-0.2, 0) is 16.0 Å². The number of rotatable bonds is 8. The highest BCUT2D eigenvalue weighted by Gasteiger charge is 2.30. The second-order valence-corrected chi connectivity index (χ2v) is 6.46. The molecule has 0 aliphatic heterocycles. The van der Waals surface area contributed by atoms with E-state index in [1.54, 1.807) is 7.11 Å². The largest absolute Gasteiger partial charge is 0.496 e. The first-order chi connectivity index (χ1) is 10.5. The van der Waals surface area contributed by atoms with Gasteiger partial charge in [0, 0.05) is 6.42 Å². The zero-order valence-electron chi connectivity index (χ0n) is 12.5. The van der Waals surface area contributed by atoms with Crippen LogP contribution in [0.2, 0.25) is 0 Å². The van der Waals surface area contributed by atoms with Gasteiger partial charge in [-0.1, -0.05) is 18.9 Å². The van der Waals surface area contributed by atoms with Gasteiger partial charge in [-0.3, -0.25) is 4.79 Å². The average Bonchev–Trinajstić information content (AvgIpc) is 3.28. The lowest BCUT2D eigenvalue weighted by Gasteiger charge is -2.14. The van der Waals surface area contributed by atoms with Gasteiger partial charge in [-0.2, -0.15) is 0 Å². The summed E-state index contributed by atoms with van der Waals surface area (Å²) in [6.07, 6.45) is 3.51. The molecule has 0 aromatic heterocycles. The van der Waals surface area contributed by atoms with Crippen molar-refractivity contribution in [3.8, 4) is 5.75 Å². The predicted octanol–water partition coefficient (Wildman–Crippen LogP) is 2.76. The van der Waals surface area contributed by atoms with Crippen LogP contribution in [-0.4, -0.2) is 30.1 Å². The fraction of sp³-hybridized carbons (Fsp3) is 0.500. The summed E-state index contributed by atoms with van der Waals surface area (Å²) in [5.74, 6) is 0.0231. The Morgan fingerprint density at radius 2 is 2.18 bits per heavy atom. The summed E-state index contributed by atoms with van der Waals surface area (Å²) in [6.45, 7) is 0. The summed E-state index contributed by atoms with van der Waals surface area (Å²) in [7, 11) is 1.60. The number of carbonyl (C=O) groups excluding carboxylic acids is 1. The third kappa shape index (κ3) is 5.02. The number of benzene rings is 1. The zero-order valence-corrected chi connectivity index (χ0v) is 14.1. The minimum absolute atomic E-state index is 0.222. The van der Waals surface area contributed by atoms with Crippen LogP contribution in [0.15, 0.2) is 22.7 Å². The van der Waals surface area contributed by atoms with E-state index >= 15 is 0 Å². The first-order valence-corrected chi connectivity index (χ1v) is 8.13. The Balaban J connectivity index is 1.83. The van der Waals surface area contributed by atoms with E-state index in [4.69, 9.17) is 9.84 Å². The molecule has 5 nitrogen and oxygen atoms in total. The van der Waals surface area contributed by atoms with E-state index in [1.807, 2.05) is 18.2 Å². The normalized spacial score (nSPS) is 15.2. The Morgan fingerprint density at radius 3 is 2.73 bits per heavy atom. The minimum Gasteiger partial charge on any atom is -0.496 e. The van der Waals surface area contributed by atoms with Crippen LogP contribution < -0.4 is 10.1 Å². The Kier molecular flexibility index (Phi) is 5.83. The van der Waals surface area contributed by atoms with Crippen LogP contribution >= 0.6 is 15.9 Å². The Hall–Kier alpha value is -1.56. The monoisotopic (exact) mass is 369 g/mol. The number of methoxy groups -OCH3 is 1. The lowest BCUT2D eigenvalue weighted by Crippen LogP contribution is -2.41. The zero-order chi connectivity index (χ0) is 16.1. The van der Waals surface area contributed by atoms with Crippen molar-refractivity contribution in [2.45, 2.75) is 38.1 Å². The number of halogens is 1. The third-order valence-corrected chi connectivity index (χ3v) is 4.38. The number of hydrogen-bond donors (Lipinski definition) is 2. The van der Waals surface area contributed by atoms with E-state index in [2.05, 4.69) is 21.2 Å². The maximum absolute atomic E-state index is 11.9. The molecule has 0 radical (unpaired) electrons. The minimum atomic E-state index is -0.951. The first kappa shape index (κ1) is 16.8. The highest BCUT2D eigenvalue weighted by molar-refractivity contribution is 9.10. The molecule has 2 rings (SSSR count). The number of aryl methyl sites for hydroxylation is 1. The van der Waals surface area contributed by atoms with Gasteiger partial charge in [0.05, 0.1) is 11.6 Å². The molecule has 2 N–H and O–H groups in total. The number of carboxylic acids is 1. The molecule has 1 aliphatic carbocycles. The van der Waals surface area contributed by atoms with Crippen molar-refractivity contribution in [3.05, 3.63) is 28.2 Å². The smallest absolute Gasteiger partial charge is 0.326 e. The summed E-state index contributed by atoms with van der Waals surface area (Å²) >= 11 is 3.40. The quantitative estimate of drug-likeness (QED) is 0.738. The van der Waals surface area contributed by atoms with Crippen LogP contribution in [0.1, 0.15) is 31.2 Å². The molecule has 1 saturated carbocycles. The molecule has 1 fully saturated rings. The van der Waals surface area contributed by atoms with Crippen LogP contribution in [0, 0.1) is 5.92 Å². The summed E-state index contributed by atoms with van der Waals surface area (Å²) in [4.78, 5) is 23.1. The summed E-state index contributed by atoms with van der Waals surface area (Å²) < 4.78 is 5.99. The maximum atomic E-state index is 11.9. The molecule has 1 amide bonds. The molecular weight excluding hydrogens is 350 g/mol. The highest BCUT2D eigenvalue weighted by Crippen LogP contribution is 2.33. The molecule has 1 aromatic carbocycles. The lowest BCUT2D eigenvalue weighted by molar-refractivity contribution is -0.142. The highest BCUT2D eigenvalue weighted by atomic mass is 79.9. The SMILES string of the molecule is COc1ccc(CCC(=O)NC(CC2CC2)C(=O)O)cc1Br. The fourth-order valence-electron chi connectivity index (χ4n) is 2.30. The molecule has 1 unspecified atom stereocenters. The van der Waals surface area contributed by atoms with E-state index < -0.39 is 12.0 Å².